The number of oxazole rings is 1. The van der Waals surface area contributed by atoms with E-state index in [1.54, 1.807) is 0 Å². The second-order valence-electron chi connectivity index (χ2n) is 4.42. The maximum Gasteiger partial charge on any atom is 0.256 e. The lowest BCUT2D eigenvalue weighted by molar-refractivity contribution is 0.0374. The highest BCUT2D eigenvalue weighted by Gasteiger charge is 2.25. The molecule has 0 bridgehead atoms. The van der Waals surface area contributed by atoms with E-state index in [2.05, 4.69) is 4.98 Å². The highest BCUT2D eigenvalue weighted by Crippen LogP contribution is 2.27. The molecule has 0 aliphatic heterocycles. The Morgan fingerprint density at radius 2 is 2.07 bits per heavy atom. The molecular weight excluding hydrogens is 210 g/mol. The van der Waals surface area contributed by atoms with Crippen LogP contribution in [0.25, 0.3) is 0 Å². The molecule has 1 unspecified atom stereocenters. The van der Waals surface area contributed by atoms with Crippen molar-refractivity contribution in [2.45, 2.75) is 45.4 Å². The van der Waals surface area contributed by atoms with Crippen molar-refractivity contribution in [3.63, 3.8) is 0 Å². The molecule has 0 spiro atoms. The van der Waals surface area contributed by atoms with E-state index in [1.807, 2.05) is 34.6 Å². The molecule has 1 rings (SSSR count). The second kappa shape index (κ2) is 4.58. The molecular formula is C11H19NO2S. The Hall–Kier alpha value is -0.480. The molecule has 0 saturated heterocycles. The van der Waals surface area contributed by atoms with Crippen LogP contribution in [0.15, 0.2) is 9.64 Å². The molecule has 1 heterocycles. The zero-order chi connectivity index (χ0) is 11.6. The lowest BCUT2D eigenvalue weighted by Gasteiger charge is -2.26. The van der Waals surface area contributed by atoms with Gasteiger partial charge in [0.1, 0.15) is 5.76 Å². The molecule has 0 amide bonds. The molecule has 0 radical (unpaired) electrons. The highest BCUT2D eigenvalue weighted by atomic mass is 32.2. The van der Waals surface area contributed by atoms with Crippen molar-refractivity contribution in [2.75, 3.05) is 5.75 Å². The normalized spacial score (nSPS) is 15.7. The van der Waals surface area contributed by atoms with Gasteiger partial charge in [0.25, 0.3) is 5.22 Å². The Balaban J connectivity index is 2.57. The quantitative estimate of drug-likeness (QED) is 0.806. The van der Waals surface area contributed by atoms with Gasteiger partial charge in [0.05, 0.1) is 11.3 Å². The Labute approximate surface area is 95.3 Å². The van der Waals surface area contributed by atoms with Crippen LogP contribution in [0.3, 0.4) is 0 Å². The Kier molecular flexibility index (Phi) is 3.84. The van der Waals surface area contributed by atoms with Crippen LogP contribution >= 0.6 is 11.8 Å². The van der Waals surface area contributed by atoms with Gasteiger partial charge < -0.3 is 9.52 Å². The average Bonchev–Trinajstić information content (AvgIpc) is 2.43. The summed E-state index contributed by atoms with van der Waals surface area (Å²) >= 11 is 1.46. The summed E-state index contributed by atoms with van der Waals surface area (Å²) in [6, 6.07) is 0. The van der Waals surface area contributed by atoms with E-state index in [9.17, 15) is 5.11 Å². The first-order valence-electron chi connectivity index (χ1n) is 5.12. The van der Waals surface area contributed by atoms with Crippen molar-refractivity contribution in [2.24, 2.45) is 5.92 Å². The van der Waals surface area contributed by atoms with Crippen LogP contribution in [0.4, 0.5) is 0 Å². The molecule has 1 aromatic rings. The summed E-state index contributed by atoms with van der Waals surface area (Å²) in [4.78, 5) is 4.26. The molecule has 4 heteroatoms. The van der Waals surface area contributed by atoms with Gasteiger partial charge in [0.2, 0.25) is 0 Å². The predicted octanol–water partition coefficient (Wildman–Crippen LogP) is 2.79. The van der Waals surface area contributed by atoms with Crippen LogP contribution in [0, 0.1) is 19.8 Å². The molecule has 15 heavy (non-hydrogen) atoms. The molecule has 0 aliphatic rings. The summed E-state index contributed by atoms with van der Waals surface area (Å²) < 4.78 is 5.43. The van der Waals surface area contributed by atoms with Crippen molar-refractivity contribution in [3.8, 4) is 0 Å². The number of hydrogen-bond acceptors (Lipinski definition) is 4. The maximum absolute atomic E-state index is 10.0. The molecule has 3 nitrogen and oxygen atoms in total. The molecule has 1 atom stereocenters. The van der Waals surface area contributed by atoms with E-state index in [0.29, 0.717) is 11.0 Å². The number of thioether (sulfide) groups is 1. The number of aryl methyl sites for hydroxylation is 2. The third kappa shape index (κ3) is 3.24. The van der Waals surface area contributed by atoms with Gasteiger partial charge in [-0.25, -0.2) is 4.98 Å². The SMILES string of the molecule is Cc1nc(SCC(C)(O)C(C)C)oc1C. The first-order valence-corrected chi connectivity index (χ1v) is 6.10. The van der Waals surface area contributed by atoms with Crippen molar-refractivity contribution < 1.29 is 9.52 Å². The van der Waals surface area contributed by atoms with Gasteiger partial charge in [0, 0.05) is 5.75 Å². The van der Waals surface area contributed by atoms with E-state index in [-0.39, 0.29) is 5.92 Å². The van der Waals surface area contributed by atoms with Gasteiger partial charge in [0.15, 0.2) is 0 Å². The first kappa shape index (κ1) is 12.6. The third-order valence-electron chi connectivity index (χ3n) is 2.74. The van der Waals surface area contributed by atoms with Crippen LogP contribution in [-0.4, -0.2) is 21.4 Å². The molecule has 0 aliphatic carbocycles. The smallest absolute Gasteiger partial charge is 0.256 e. The number of hydrogen-bond donors (Lipinski definition) is 1. The molecule has 86 valence electrons. The minimum absolute atomic E-state index is 0.224. The monoisotopic (exact) mass is 229 g/mol. The summed E-state index contributed by atoms with van der Waals surface area (Å²) in [7, 11) is 0. The average molecular weight is 229 g/mol. The van der Waals surface area contributed by atoms with E-state index < -0.39 is 5.60 Å². The number of aliphatic hydroxyl groups is 1. The number of aromatic nitrogens is 1. The van der Waals surface area contributed by atoms with Crippen molar-refractivity contribution in [1.82, 2.24) is 4.98 Å². The Morgan fingerprint density at radius 3 is 2.47 bits per heavy atom. The van der Waals surface area contributed by atoms with E-state index in [0.717, 1.165) is 11.5 Å². The minimum atomic E-state index is -0.680. The molecule has 1 aromatic heterocycles. The Bertz CT molecular complexity index is 312. The van der Waals surface area contributed by atoms with Crippen LogP contribution in [0.1, 0.15) is 32.2 Å². The summed E-state index contributed by atoms with van der Waals surface area (Å²) in [5.74, 6) is 1.67. The van der Waals surface area contributed by atoms with Crippen molar-refractivity contribution in [3.05, 3.63) is 11.5 Å². The van der Waals surface area contributed by atoms with Gasteiger partial charge >= 0.3 is 0 Å². The first-order chi connectivity index (χ1) is 6.83. The summed E-state index contributed by atoms with van der Waals surface area (Å²) in [5, 5.41) is 10.7. The summed E-state index contributed by atoms with van der Waals surface area (Å²) in [6.45, 7) is 9.67. The standard InChI is InChI=1S/C11H19NO2S/c1-7(2)11(5,13)6-15-10-12-8(3)9(4)14-10/h7,13H,6H2,1-5H3. The Morgan fingerprint density at radius 1 is 1.47 bits per heavy atom. The van der Waals surface area contributed by atoms with Crippen LogP contribution in [-0.2, 0) is 0 Å². The molecule has 0 saturated carbocycles. The van der Waals surface area contributed by atoms with Gasteiger partial charge in [-0.15, -0.1) is 0 Å². The summed E-state index contributed by atoms with van der Waals surface area (Å²) in [5.41, 5.74) is 0.239. The fourth-order valence-corrected chi connectivity index (χ4v) is 2.01. The highest BCUT2D eigenvalue weighted by molar-refractivity contribution is 7.99. The molecule has 0 fully saturated rings. The number of rotatable bonds is 4. The number of nitrogens with zero attached hydrogens (tertiary/aromatic N) is 1. The third-order valence-corrected chi connectivity index (χ3v) is 3.89. The van der Waals surface area contributed by atoms with E-state index >= 15 is 0 Å². The maximum atomic E-state index is 10.0. The van der Waals surface area contributed by atoms with Crippen LogP contribution in [0.2, 0.25) is 0 Å². The second-order valence-corrected chi connectivity index (χ2v) is 5.35. The van der Waals surface area contributed by atoms with Gasteiger partial charge in [-0.3, -0.25) is 0 Å². The fraction of sp³-hybridized carbons (Fsp3) is 0.727. The lowest BCUT2D eigenvalue weighted by Crippen LogP contribution is -2.33. The molecule has 0 aromatic carbocycles. The largest absolute Gasteiger partial charge is 0.437 e. The van der Waals surface area contributed by atoms with E-state index in [4.69, 9.17) is 4.42 Å². The van der Waals surface area contributed by atoms with Gasteiger partial charge in [-0.05, 0) is 26.7 Å². The van der Waals surface area contributed by atoms with Gasteiger partial charge in [-0.2, -0.15) is 0 Å². The molecule has 1 N–H and O–H groups in total. The van der Waals surface area contributed by atoms with Crippen molar-refractivity contribution >= 4 is 11.8 Å². The lowest BCUT2D eigenvalue weighted by atomic mass is 9.95. The van der Waals surface area contributed by atoms with Crippen molar-refractivity contribution in [1.29, 1.82) is 0 Å². The van der Waals surface area contributed by atoms with E-state index in [1.165, 1.54) is 11.8 Å². The topological polar surface area (TPSA) is 46.3 Å². The zero-order valence-corrected chi connectivity index (χ0v) is 10.8. The zero-order valence-electron chi connectivity index (χ0n) is 10.00. The van der Waals surface area contributed by atoms with Gasteiger partial charge in [-0.1, -0.05) is 25.6 Å². The summed E-state index contributed by atoms with van der Waals surface area (Å²) in [6.07, 6.45) is 0. The van der Waals surface area contributed by atoms with Crippen LogP contribution < -0.4 is 0 Å². The van der Waals surface area contributed by atoms with Crippen LogP contribution in [0.5, 0.6) is 0 Å². The fourth-order valence-electron chi connectivity index (χ4n) is 0.880. The predicted molar refractivity (Wildman–Crippen MR) is 62.2 cm³/mol. The minimum Gasteiger partial charge on any atom is -0.437 e.